The highest BCUT2D eigenvalue weighted by molar-refractivity contribution is 6.07. The highest BCUT2D eigenvalue weighted by Gasteiger charge is 2.29. The Morgan fingerprint density at radius 3 is 2.17 bits per heavy atom. The van der Waals surface area contributed by atoms with Crippen molar-refractivity contribution in [2.75, 3.05) is 31.3 Å². The fraction of sp³-hybridized carbons (Fsp3) is 0.409. The zero-order chi connectivity index (χ0) is 21.0. The number of halogens is 2. The van der Waals surface area contributed by atoms with Crippen LogP contribution in [0.15, 0.2) is 24.3 Å². The lowest BCUT2D eigenvalue weighted by Crippen LogP contribution is -2.36. The first kappa shape index (κ1) is 20.9. The lowest BCUT2D eigenvalue weighted by atomic mass is 10.00. The van der Waals surface area contributed by atoms with Crippen molar-refractivity contribution in [1.29, 1.82) is 0 Å². The molecule has 1 amide bonds. The lowest BCUT2D eigenvalue weighted by Gasteiger charge is -2.30. The van der Waals surface area contributed by atoms with Crippen LogP contribution in [0.25, 0.3) is 0 Å². The van der Waals surface area contributed by atoms with E-state index in [2.05, 4.69) is 0 Å². The van der Waals surface area contributed by atoms with Gasteiger partial charge in [0.15, 0.2) is 11.5 Å². The smallest absolute Gasteiger partial charge is 0.258 e. The maximum Gasteiger partial charge on any atom is 0.258 e. The van der Waals surface area contributed by atoms with E-state index in [0.29, 0.717) is 62.0 Å². The molecule has 0 bridgehead atoms. The first-order chi connectivity index (χ1) is 14.0. The molecule has 0 saturated heterocycles. The molecule has 1 aliphatic rings. The molecule has 2 aromatic rings. The molecule has 5 nitrogen and oxygen atoms in total. The zero-order valence-corrected chi connectivity index (χ0v) is 16.9. The van der Waals surface area contributed by atoms with E-state index in [-0.39, 0.29) is 11.3 Å². The van der Waals surface area contributed by atoms with Crippen LogP contribution in [-0.2, 0) is 6.42 Å². The third kappa shape index (κ3) is 4.28. The van der Waals surface area contributed by atoms with E-state index in [1.165, 1.54) is 11.0 Å². The van der Waals surface area contributed by atoms with Crippen LogP contribution in [0.1, 0.15) is 43.1 Å². The molecule has 0 unspecified atom stereocenters. The second-order valence-electron chi connectivity index (χ2n) is 6.56. The maximum atomic E-state index is 14.5. The molecule has 0 aromatic heterocycles. The molecule has 3 rings (SSSR count). The SMILES string of the molecule is CCOc1cc(C(=O)N2CCCc3cc(F)cc(F)c32)cc(OCC)c1OCC. The fourth-order valence-corrected chi connectivity index (χ4v) is 3.52. The van der Waals surface area contributed by atoms with E-state index >= 15 is 0 Å². The van der Waals surface area contributed by atoms with Crippen molar-refractivity contribution >= 4 is 11.6 Å². The number of carbonyl (C=O) groups excluding carboxylic acids is 1. The number of nitrogens with zero attached hydrogens (tertiary/aromatic N) is 1. The molecule has 0 atom stereocenters. The quantitative estimate of drug-likeness (QED) is 0.667. The van der Waals surface area contributed by atoms with Crippen LogP contribution in [0, 0.1) is 11.6 Å². The molecule has 0 N–H and O–H groups in total. The van der Waals surface area contributed by atoms with E-state index in [1.807, 2.05) is 20.8 Å². The normalized spacial score (nSPS) is 13.1. The van der Waals surface area contributed by atoms with Crippen LogP contribution in [-0.4, -0.2) is 32.3 Å². The largest absolute Gasteiger partial charge is 0.490 e. The zero-order valence-electron chi connectivity index (χ0n) is 16.9. The van der Waals surface area contributed by atoms with Gasteiger partial charge in [-0.15, -0.1) is 0 Å². The minimum atomic E-state index is -0.742. The molecular formula is C22H25F2NO4. The minimum Gasteiger partial charge on any atom is -0.490 e. The van der Waals surface area contributed by atoms with Gasteiger partial charge in [0.2, 0.25) is 5.75 Å². The first-order valence-electron chi connectivity index (χ1n) is 9.86. The van der Waals surface area contributed by atoms with E-state index in [9.17, 15) is 13.6 Å². The minimum absolute atomic E-state index is 0.132. The second kappa shape index (κ2) is 9.11. The Bertz CT molecular complexity index is 874. The van der Waals surface area contributed by atoms with Crippen LogP contribution < -0.4 is 19.1 Å². The standard InChI is InChI=1S/C22H25F2NO4/c1-4-27-18-11-15(12-19(28-5-2)21(18)29-6-3)22(26)25-9-7-8-14-10-16(23)13-17(24)20(14)25/h10-13H,4-9H2,1-3H3. The Morgan fingerprint density at radius 1 is 0.966 bits per heavy atom. The number of aryl methyl sites for hydroxylation is 1. The van der Waals surface area contributed by atoms with Crippen molar-refractivity contribution in [2.45, 2.75) is 33.6 Å². The van der Waals surface area contributed by atoms with Gasteiger partial charge in [0.1, 0.15) is 11.6 Å². The van der Waals surface area contributed by atoms with E-state index in [1.54, 1.807) is 12.1 Å². The van der Waals surface area contributed by atoms with Crippen molar-refractivity contribution in [2.24, 2.45) is 0 Å². The third-order valence-corrected chi connectivity index (χ3v) is 4.61. The summed E-state index contributed by atoms with van der Waals surface area (Å²) >= 11 is 0. The van der Waals surface area contributed by atoms with Crippen molar-refractivity contribution in [1.82, 2.24) is 0 Å². The molecule has 29 heavy (non-hydrogen) atoms. The Labute approximate surface area is 169 Å². The predicted octanol–water partition coefficient (Wildman–Crippen LogP) is 4.75. The molecule has 0 aliphatic carbocycles. The summed E-state index contributed by atoms with van der Waals surface area (Å²) in [6, 6.07) is 5.25. The highest BCUT2D eigenvalue weighted by atomic mass is 19.1. The summed E-state index contributed by atoms with van der Waals surface area (Å²) in [6.07, 6.45) is 1.14. The van der Waals surface area contributed by atoms with Gasteiger partial charge >= 0.3 is 0 Å². The highest BCUT2D eigenvalue weighted by Crippen LogP contribution is 2.40. The number of hydrogen-bond donors (Lipinski definition) is 0. The summed E-state index contributed by atoms with van der Waals surface area (Å²) in [5.74, 6) is -0.578. The van der Waals surface area contributed by atoms with Crippen LogP contribution in [0.4, 0.5) is 14.5 Å². The van der Waals surface area contributed by atoms with Crippen LogP contribution >= 0.6 is 0 Å². The Kier molecular flexibility index (Phi) is 6.56. The lowest BCUT2D eigenvalue weighted by molar-refractivity contribution is 0.0983. The number of amides is 1. The van der Waals surface area contributed by atoms with Gasteiger partial charge in [0, 0.05) is 18.2 Å². The predicted molar refractivity (Wildman–Crippen MR) is 106 cm³/mol. The number of anilines is 1. The molecule has 156 valence electrons. The molecule has 7 heteroatoms. The van der Waals surface area contributed by atoms with Crippen molar-refractivity contribution in [3.63, 3.8) is 0 Å². The summed E-state index contributed by atoms with van der Waals surface area (Å²) in [6.45, 7) is 7.01. The molecule has 0 spiro atoms. The number of ether oxygens (including phenoxy) is 3. The van der Waals surface area contributed by atoms with Gasteiger partial charge in [0.05, 0.1) is 25.5 Å². The molecule has 0 saturated carbocycles. The Hall–Kier alpha value is -2.83. The Balaban J connectivity index is 2.06. The molecule has 1 aliphatic heterocycles. The summed E-state index contributed by atoms with van der Waals surface area (Å²) in [7, 11) is 0. The monoisotopic (exact) mass is 405 g/mol. The van der Waals surface area contributed by atoms with Gasteiger partial charge in [-0.25, -0.2) is 8.78 Å². The van der Waals surface area contributed by atoms with Crippen molar-refractivity contribution in [3.05, 3.63) is 47.0 Å². The molecular weight excluding hydrogens is 380 g/mol. The van der Waals surface area contributed by atoms with Gasteiger partial charge in [-0.2, -0.15) is 0 Å². The van der Waals surface area contributed by atoms with E-state index < -0.39 is 17.5 Å². The van der Waals surface area contributed by atoms with E-state index in [0.717, 1.165) is 6.07 Å². The average molecular weight is 405 g/mol. The summed E-state index contributed by atoms with van der Waals surface area (Å²) in [4.78, 5) is 14.7. The van der Waals surface area contributed by atoms with Gasteiger partial charge in [-0.05, 0) is 57.4 Å². The molecule has 1 heterocycles. The van der Waals surface area contributed by atoms with Crippen molar-refractivity contribution in [3.8, 4) is 17.2 Å². The van der Waals surface area contributed by atoms with Crippen LogP contribution in [0.3, 0.4) is 0 Å². The topological polar surface area (TPSA) is 48.0 Å². The number of hydrogen-bond acceptors (Lipinski definition) is 4. The second-order valence-corrected chi connectivity index (χ2v) is 6.56. The van der Waals surface area contributed by atoms with Gasteiger partial charge in [0.25, 0.3) is 5.91 Å². The van der Waals surface area contributed by atoms with Gasteiger partial charge in [-0.3, -0.25) is 4.79 Å². The van der Waals surface area contributed by atoms with Crippen LogP contribution in [0.5, 0.6) is 17.2 Å². The average Bonchev–Trinajstić information content (AvgIpc) is 2.69. The Morgan fingerprint density at radius 2 is 1.59 bits per heavy atom. The third-order valence-electron chi connectivity index (χ3n) is 4.61. The first-order valence-corrected chi connectivity index (χ1v) is 9.86. The molecule has 0 radical (unpaired) electrons. The van der Waals surface area contributed by atoms with Gasteiger partial charge < -0.3 is 19.1 Å². The van der Waals surface area contributed by atoms with Gasteiger partial charge in [-0.1, -0.05) is 0 Å². The van der Waals surface area contributed by atoms with Crippen LogP contribution in [0.2, 0.25) is 0 Å². The number of benzene rings is 2. The summed E-state index contributed by atoms with van der Waals surface area (Å²) < 4.78 is 45.1. The molecule has 2 aromatic carbocycles. The number of rotatable bonds is 7. The van der Waals surface area contributed by atoms with E-state index in [4.69, 9.17) is 14.2 Å². The summed E-state index contributed by atoms with van der Waals surface area (Å²) in [5, 5.41) is 0. The number of carbonyl (C=O) groups is 1. The number of fused-ring (bicyclic) bond motifs is 1. The summed E-state index contributed by atoms with van der Waals surface area (Å²) in [5.41, 5.74) is 0.910. The fourth-order valence-electron chi connectivity index (χ4n) is 3.52. The van der Waals surface area contributed by atoms with Crippen molar-refractivity contribution < 1.29 is 27.8 Å². The maximum absolute atomic E-state index is 14.5. The molecule has 0 fully saturated rings.